The first kappa shape index (κ1) is 17.2. The van der Waals surface area contributed by atoms with E-state index in [4.69, 9.17) is 0 Å². The lowest BCUT2D eigenvalue weighted by atomic mass is 10.1. The second-order valence-corrected chi connectivity index (χ2v) is 7.04. The number of carbonyl (C=O) groups excluding carboxylic acids is 2. The molecule has 130 valence electrons. The third-order valence-electron chi connectivity index (χ3n) is 4.79. The normalized spacial score (nSPS) is 17.0. The number of carbonyl (C=O) groups is 2. The minimum absolute atomic E-state index is 0.00485. The molecule has 1 atom stereocenters. The van der Waals surface area contributed by atoms with E-state index in [1.54, 1.807) is 4.90 Å². The average molecular weight is 336 g/mol. The molecule has 1 saturated heterocycles. The van der Waals surface area contributed by atoms with Gasteiger partial charge in [0.1, 0.15) is 0 Å². The van der Waals surface area contributed by atoms with Crippen LogP contribution in [0.25, 0.3) is 0 Å². The van der Waals surface area contributed by atoms with Crippen molar-refractivity contribution >= 4 is 23.2 Å². The highest BCUT2D eigenvalue weighted by atomic mass is 16.2. The molecule has 2 aromatic rings. The second-order valence-electron chi connectivity index (χ2n) is 7.04. The molecule has 0 unspecified atom stereocenters. The summed E-state index contributed by atoms with van der Waals surface area (Å²) in [6, 6.07) is 11.9. The Labute approximate surface area is 148 Å². The first-order valence-electron chi connectivity index (χ1n) is 8.60. The molecule has 1 N–H and O–H groups in total. The molecule has 0 aromatic heterocycles. The Morgan fingerprint density at radius 2 is 1.68 bits per heavy atom. The molecule has 0 spiro atoms. The van der Waals surface area contributed by atoms with Crippen LogP contribution in [-0.4, -0.2) is 18.4 Å². The molecule has 0 radical (unpaired) electrons. The van der Waals surface area contributed by atoms with E-state index in [1.807, 2.05) is 58.0 Å². The monoisotopic (exact) mass is 336 g/mol. The second kappa shape index (κ2) is 6.71. The molecule has 0 aliphatic carbocycles. The van der Waals surface area contributed by atoms with Gasteiger partial charge in [0, 0.05) is 24.3 Å². The first-order chi connectivity index (χ1) is 11.8. The van der Waals surface area contributed by atoms with E-state index in [1.165, 1.54) is 5.56 Å². The van der Waals surface area contributed by atoms with Gasteiger partial charge in [-0.05, 0) is 74.2 Å². The highest BCUT2D eigenvalue weighted by molar-refractivity contribution is 6.03. The van der Waals surface area contributed by atoms with Gasteiger partial charge in [0.05, 0.1) is 5.92 Å². The van der Waals surface area contributed by atoms with Crippen molar-refractivity contribution in [3.63, 3.8) is 0 Å². The summed E-state index contributed by atoms with van der Waals surface area (Å²) in [5.74, 6) is -0.413. The fourth-order valence-corrected chi connectivity index (χ4v) is 3.30. The van der Waals surface area contributed by atoms with Crippen molar-refractivity contribution in [2.75, 3.05) is 16.8 Å². The van der Waals surface area contributed by atoms with Crippen molar-refractivity contribution in [3.8, 4) is 0 Å². The van der Waals surface area contributed by atoms with E-state index in [2.05, 4.69) is 11.4 Å². The van der Waals surface area contributed by atoms with Gasteiger partial charge < -0.3 is 10.2 Å². The lowest BCUT2D eigenvalue weighted by molar-refractivity contribution is -0.122. The average Bonchev–Trinajstić information content (AvgIpc) is 2.92. The summed E-state index contributed by atoms with van der Waals surface area (Å²) in [6.45, 7) is 8.52. The van der Waals surface area contributed by atoms with Crippen LogP contribution in [0, 0.1) is 33.6 Å². The SMILES string of the molecule is Cc1cc(C)cc(N2C[C@@H](C(=O)Nc3ccc(C)c(C)c3)CC2=O)c1. The van der Waals surface area contributed by atoms with Crippen molar-refractivity contribution in [1.82, 2.24) is 0 Å². The standard InChI is InChI=1S/C21H24N2O2/c1-13-7-14(2)9-19(8-13)23-12-17(11-20(23)24)21(25)22-18-6-5-15(3)16(4)10-18/h5-10,17H,11-12H2,1-4H3,(H,22,25)/t17-/m0/s1. The van der Waals surface area contributed by atoms with Gasteiger partial charge in [-0.3, -0.25) is 9.59 Å². The van der Waals surface area contributed by atoms with E-state index >= 15 is 0 Å². The van der Waals surface area contributed by atoms with Crippen molar-refractivity contribution in [2.24, 2.45) is 5.92 Å². The lowest BCUT2D eigenvalue weighted by Gasteiger charge is -2.18. The van der Waals surface area contributed by atoms with E-state index in [0.717, 1.165) is 28.1 Å². The Morgan fingerprint density at radius 3 is 2.32 bits per heavy atom. The van der Waals surface area contributed by atoms with Crippen molar-refractivity contribution < 1.29 is 9.59 Å². The maximum Gasteiger partial charge on any atom is 0.229 e. The van der Waals surface area contributed by atoms with Crippen molar-refractivity contribution in [3.05, 3.63) is 58.7 Å². The number of aryl methyl sites for hydroxylation is 4. The summed E-state index contributed by atoms with van der Waals surface area (Å²) < 4.78 is 0. The number of rotatable bonds is 3. The Kier molecular flexibility index (Phi) is 4.62. The molecule has 0 bridgehead atoms. The number of hydrogen-bond donors (Lipinski definition) is 1. The summed E-state index contributed by atoms with van der Waals surface area (Å²) in [7, 11) is 0. The van der Waals surface area contributed by atoms with Crippen LogP contribution in [0.5, 0.6) is 0 Å². The lowest BCUT2D eigenvalue weighted by Crippen LogP contribution is -2.28. The Hall–Kier alpha value is -2.62. The van der Waals surface area contributed by atoms with Crippen LogP contribution < -0.4 is 10.2 Å². The van der Waals surface area contributed by atoms with Crippen LogP contribution in [0.15, 0.2) is 36.4 Å². The van der Waals surface area contributed by atoms with Gasteiger partial charge in [0.25, 0.3) is 0 Å². The van der Waals surface area contributed by atoms with E-state index < -0.39 is 0 Å². The first-order valence-corrected chi connectivity index (χ1v) is 8.60. The molecule has 2 amide bonds. The van der Waals surface area contributed by atoms with Gasteiger partial charge in [-0.1, -0.05) is 12.1 Å². The fraction of sp³-hybridized carbons (Fsp3) is 0.333. The summed E-state index contributed by atoms with van der Waals surface area (Å²) in [4.78, 5) is 26.7. The third-order valence-corrected chi connectivity index (χ3v) is 4.79. The molecule has 0 saturated carbocycles. The number of amides is 2. The van der Waals surface area contributed by atoms with Gasteiger partial charge in [0.15, 0.2) is 0 Å². The van der Waals surface area contributed by atoms with Crippen LogP contribution in [0.4, 0.5) is 11.4 Å². The van der Waals surface area contributed by atoms with Gasteiger partial charge in [-0.2, -0.15) is 0 Å². The molecule has 1 fully saturated rings. The molecule has 1 aliphatic heterocycles. The van der Waals surface area contributed by atoms with Crippen LogP contribution >= 0.6 is 0 Å². The molecule has 25 heavy (non-hydrogen) atoms. The molecule has 4 heteroatoms. The zero-order valence-electron chi connectivity index (χ0n) is 15.2. The predicted molar refractivity (Wildman–Crippen MR) is 101 cm³/mol. The van der Waals surface area contributed by atoms with Crippen LogP contribution in [-0.2, 0) is 9.59 Å². The quantitative estimate of drug-likeness (QED) is 0.924. The Morgan fingerprint density at radius 1 is 1.00 bits per heavy atom. The van der Waals surface area contributed by atoms with Crippen LogP contribution in [0.2, 0.25) is 0 Å². The maximum atomic E-state index is 12.6. The minimum atomic E-state index is -0.324. The molecule has 4 nitrogen and oxygen atoms in total. The number of nitrogens with one attached hydrogen (secondary N) is 1. The summed E-state index contributed by atoms with van der Waals surface area (Å²) in [5, 5.41) is 2.95. The Balaban J connectivity index is 1.73. The number of benzene rings is 2. The zero-order valence-corrected chi connectivity index (χ0v) is 15.2. The number of anilines is 2. The highest BCUT2D eigenvalue weighted by Gasteiger charge is 2.35. The van der Waals surface area contributed by atoms with E-state index in [-0.39, 0.29) is 24.2 Å². The van der Waals surface area contributed by atoms with Crippen LogP contribution in [0.3, 0.4) is 0 Å². The fourth-order valence-electron chi connectivity index (χ4n) is 3.30. The topological polar surface area (TPSA) is 49.4 Å². The predicted octanol–water partition coefficient (Wildman–Crippen LogP) is 3.91. The summed E-state index contributed by atoms with van der Waals surface area (Å²) >= 11 is 0. The largest absolute Gasteiger partial charge is 0.326 e. The van der Waals surface area contributed by atoms with E-state index in [9.17, 15) is 9.59 Å². The number of hydrogen-bond acceptors (Lipinski definition) is 2. The van der Waals surface area contributed by atoms with Gasteiger partial charge in [0.2, 0.25) is 11.8 Å². The van der Waals surface area contributed by atoms with Crippen molar-refractivity contribution in [1.29, 1.82) is 0 Å². The molecular weight excluding hydrogens is 312 g/mol. The highest BCUT2D eigenvalue weighted by Crippen LogP contribution is 2.28. The smallest absolute Gasteiger partial charge is 0.229 e. The summed E-state index contributed by atoms with van der Waals surface area (Å²) in [5.41, 5.74) is 6.22. The maximum absolute atomic E-state index is 12.6. The molecule has 1 heterocycles. The van der Waals surface area contributed by atoms with Crippen LogP contribution in [0.1, 0.15) is 28.7 Å². The van der Waals surface area contributed by atoms with Gasteiger partial charge in [-0.15, -0.1) is 0 Å². The molecule has 3 rings (SSSR count). The van der Waals surface area contributed by atoms with Crippen molar-refractivity contribution in [2.45, 2.75) is 34.1 Å². The van der Waals surface area contributed by atoms with Gasteiger partial charge in [-0.25, -0.2) is 0 Å². The Bertz CT molecular complexity index is 822. The van der Waals surface area contributed by atoms with E-state index in [0.29, 0.717) is 6.54 Å². The molecule has 1 aliphatic rings. The number of nitrogens with zero attached hydrogens (tertiary/aromatic N) is 1. The summed E-state index contributed by atoms with van der Waals surface area (Å²) in [6.07, 6.45) is 0.254. The minimum Gasteiger partial charge on any atom is -0.326 e. The zero-order chi connectivity index (χ0) is 18.1. The molecule has 2 aromatic carbocycles. The third kappa shape index (κ3) is 3.73. The molecular formula is C21H24N2O2. The van der Waals surface area contributed by atoms with Gasteiger partial charge >= 0.3 is 0 Å².